The minimum absolute atomic E-state index is 0.519. The van der Waals surface area contributed by atoms with Crippen molar-refractivity contribution < 1.29 is 0 Å². The molecule has 78 valence electrons. The van der Waals surface area contributed by atoms with Crippen molar-refractivity contribution in [1.82, 2.24) is 10.3 Å². The smallest absolute Gasteiger partial charge is 0.123 e. The fourth-order valence-electron chi connectivity index (χ4n) is 1.49. The monoisotopic (exact) mass is 193 g/mol. The summed E-state index contributed by atoms with van der Waals surface area (Å²) < 4.78 is 0. The van der Waals surface area contributed by atoms with Crippen LogP contribution in [0.3, 0.4) is 0 Å². The molecule has 0 aliphatic carbocycles. The Kier molecular flexibility index (Phi) is 3.89. The van der Waals surface area contributed by atoms with E-state index in [4.69, 9.17) is 5.73 Å². The summed E-state index contributed by atoms with van der Waals surface area (Å²) in [6, 6.07) is 4.44. The van der Waals surface area contributed by atoms with Crippen molar-refractivity contribution in [2.45, 2.75) is 32.2 Å². The van der Waals surface area contributed by atoms with Gasteiger partial charge in [0.05, 0.1) is 0 Å². The first-order valence-corrected chi connectivity index (χ1v) is 5.02. The van der Waals surface area contributed by atoms with E-state index in [1.807, 2.05) is 19.3 Å². The molecule has 14 heavy (non-hydrogen) atoms. The summed E-state index contributed by atoms with van der Waals surface area (Å²) in [6.45, 7) is 4.39. The first-order chi connectivity index (χ1) is 6.63. The molecule has 0 aliphatic rings. The lowest BCUT2D eigenvalue weighted by Crippen LogP contribution is -2.22. The minimum Gasteiger partial charge on any atom is -0.384 e. The summed E-state index contributed by atoms with van der Waals surface area (Å²) in [4.78, 5) is 4.09. The van der Waals surface area contributed by atoms with Crippen molar-refractivity contribution in [3.63, 3.8) is 0 Å². The van der Waals surface area contributed by atoms with Crippen LogP contribution in [0.4, 0.5) is 5.82 Å². The van der Waals surface area contributed by atoms with E-state index in [-0.39, 0.29) is 0 Å². The third-order valence-corrected chi connectivity index (χ3v) is 2.58. The maximum absolute atomic E-state index is 5.53. The van der Waals surface area contributed by atoms with E-state index in [1.165, 1.54) is 5.56 Å². The predicted molar refractivity (Wildman–Crippen MR) is 60.2 cm³/mol. The van der Waals surface area contributed by atoms with Gasteiger partial charge in [0.1, 0.15) is 5.82 Å². The summed E-state index contributed by atoms with van der Waals surface area (Å²) in [5, 5.41) is 3.23. The van der Waals surface area contributed by atoms with Crippen molar-refractivity contribution in [3.05, 3.63) is 23.9 Å². The zero-order chi connectivity index (χ0) is 10.6. The first-order valence-electron chi connectivity index (χ1n) is 5.02. The molecular weight excluding hydrogens is 174 g/mol. The number of rotatable bonds is 4. The molecular formula is C11H19N3. The van der Waals surface area contributed by atoms with Gasteiger partial charge in [0.25, 0.3) is 0 Å². The molecule has 3 heteroatoms. The molecule has 0 spiro atoms. The predicted octanol–water partition coefficient (Wildman–Crippen LogP) is 1.77. The molecule has 0 saturated heterocycles. The van der Waals surface area contributed by atoms with E-state index in [1.54, 1.807) is 0 Å². The zero-order valence-electron chi connectivity index (χ0n) is 9.12. The second-order valence-corrected chi connectivity index (χ2v) is 3.84. The van der Waals surface area contributed by atoms with Gasteiger partial charge < -0.3 is 11.1 Å². The molecule has 3 nitrogen and oxygen atoms in total. The van der Waals surface area contributed by atoms with Gasteiger partial charge in [-0.2, -0.15) is 0 Å². The van der Waals surface area contributed by atoms with Gasteiger partial charge in [0.2, 0.25) is 0 Å². The van der Waals surface area contributed by atoms with Gasteiger partial charge in [0.15, 0.2) is 0 Å². The van der Waals surface area contributed by atoms with Crippen LogP contribution in [0.1, 0.15) is 31.7 Å². The Balaban J connectivity index is 2.60. The van der Waals surface area contributed by atoms with E-state index in [9.17, 15) is 0 Å². The Labute approximate surface area is 85.7 Å². The average molecular weight is 193 g/mol. The quantitative estimate of drug-likeness (QED) is 0.766. The van der Waals surface area contributed by atoms with E-state index in [2.05, 4.69) is 30.2 Å². The first kappa shape index (κ1) is 11.0. The molecule has 1 heterocycles. The van der Waals surface area contributed by atoms with Crippen LogP contribution in [0.15, 0.2) is 18.3 Å². The molecule has 1 aromatic rings. The third-order valence-electron chi connectivity index (χ3n) is 2.58. The van der Waals surface area contributed by atoms with Crippen molar-refractivity contribution in [1.29, 1.82) is 0 Å². The lowest BCUT2D eigenvalue weighted by molar-refractivity contribution is 0.515. The van der Waals surface area contributed by atoms with Crippen LogP contribution < -0.4 is 11.1 Å². The number of aromatic nitrogens is 1. The summed E-state index contributed by atoms with van der Waals surface area (Å²) >= 11 is 0. The number of nitrogens with two attached hydrogens (primary N) is 1. The van der Waals surface area contributed by atoms with Gasteiger partial charge >= 0.3 is 0 Å². The Hall–Kier alpha value is -1.09. The second-order valence-electron chi connectivity index (χ2n) is 3.84. The standard InChI is InChI=1S/C11H19N3/c1-8(6-9(2)13-3)10-4-5-11(12)14-7-10/h4-5,7-9,13H,6H2,1-3H3,(H2,12,14). The molecule has 0 fully saturated rings. The maximum Gasteiger partial charge on any atom is 0.123 e. The van der Waals surface area contributed by atoms with Gasteiger partial charge in [-0.15, -0.1) is 0 Å². The third kappa shape index (κ3) is 3.00. The normalized spacial score (nSPS) is 15.1. The average Bonchev–Trinajstić information content (AvgIpc) is 2.18. The largest absolute Gasteiger partial charge is 0.384 e. The Bertz CT molecular complexity index is 268. The molecule has 0 bridgehead atoms. The summed E-state index contributed by atoms with van der Waals surface area (Å²) in [5.41, 5.74) is 6.78. The molecule has 0 radical (unpaired) electrons. The lowest BCUT2D eigenvalue weighted by atomic mass is 9.96. The lowest BCUT2D eigenvalue weighted by Gasteiger charge is -2.16. The molecule has 0 amide bonds. The highest BCUT2D eigenvalue weighted by Crippen LogP contribution is 2.19. The van der Waals surface area contributed by atoms with Crippen LogP contribution >= 0.6 is 0 Å². The molecule has 0 aliphatic heterocycles. The summed E-state index contributed by atoms with van der Waals surface area (Å²) in [6.07, 6.45) is 2.98. The second kappa shape index (κ2) is 4.96. The minimum atomic E-state index is 0.519. The Morgan fingerprint density at radius 1 is 1.43 bits per heavy atom. The Morgan fingerprint density at radius 2 is 2.14 bits per heavy atom. The van der Waals surface area contributed by atoms with Crippen molar-refractivity contribution in [2.75, 3.05) is 12.8 Å². The van der Waals surface area contributed by atoms with Crippen LogP contribution in [0, 0.1) is 0 Å². The van der Waals surface area contributed by atoms with E-state index >= 15 is 0 Å². The van der Waals surface area contributed by atoms with Gasteiger partial charge in [0, 0.05) is 12.2 Å². The number of nitrogen functional groups attached to an aromatic ring is 1. The summed E-state index contributed by atoms with van der Waals surface area (Å²) in [5.74, 6) is 1.10. The molecule has 2 unspecified atom stereocenters. The fraction of sp³-hybridized carbons (Fsp3) is 0.545. The van der Waals surface area contributed by atoms with Crippen molar-refractivity contribution >= 4 is 5.82 Å². The highest BCUT2D eigenvalue weighted by Gasteiger charge is 2.09. The van der Waals surface area contributed by atoms with Gasteiger partial charge in [-0.1, -0.05) is 13.0 Å². The number of pyridine rings is 1. The number of hydrogen-bond donors (Lipinski definition) is 2. The maximum atomic E-state index is 5.53. The zero-order valence-corrected chi connectivity index (χ0v) is 9.12. The van der Waals surface area contributed by atoms with Gasteiger partial charge in [-0.05, 0) is 37.9 Å². The van der Waals surface area contributed by atoms with Crippen molar-refractivity contribution in [2.24, 2.45) is 0 Å². The Morgan fingerprint density at radius 3 is 2.64 bits per heavy atom. The topological polar surface area (TPSA) is 50.9 Å². The van der Waals surface area contributed by atoms with Crippen LogP contribution in [0.25, 0.3) is 0 Å². The number of nitrogens with zero attached hydrogens (tertiary/aromatic N) is 1. The van der Waals surface area contributed by atoms with Crippen LogP contribution in [-0.4, -0.2) is 18.1 Å². The highest BCUT2D eigenvalue weighted by atomic mass is 14.9. The number of nitrogens with one attached hydrogen (secondary N) is 1. The molecule has 0 aromatic carbocycles. The highest BCUT2D eigenvalue weighted by molar-refractivity contribution is 5.30. The van der Waals surface area contributed by atoms with E-state index in [0.717, 1.165) is 6.42 Å². The molecule has 3 N–H and O–H groups in total. The van der Waals surface area contributed by atoms with E-state index < -0.39 is 0 Å². The fourth-order valence-corrected chi connectivity index (χ4v) is 1.49. The summed E-state index contributed by atoms with van der Waals surface area (Å²) in [7, 11) is 1.98. The SMILES string of the molecule is CNC(C)CC(C)c1ccc(N)nc1. The molecule has 1 rings (SSSR count). The molecule has 2 atom stereocenters. The van der Waals surface area contributed by atoms with Crippen LogP contribution in [0.2, 0.25) is 0 Å². The number of hydrogen-bond acceptors (Lipinski definition) is 3. The van der Waals surface area contributed by atoms with E-state index in [0.29, 0.717) is 17.8 Å². The number of anilines is 1. The molecule has 1 aromatic heterocycles. The van der Waals surface area contributed by atoms with Crippen LogP contribution in [-0.2, 0) is 0 Å². The molecule has 0 saturated carbocycles. The van der Waals surface area contributed by atoms with Gasteiger partial charge in [-0.25, -0.2) is 4.98 Å². The van der Waals surface area contributed by atoms with Crippen molar-refractivity contribution in [3.8, 4) is 0 Å². The van der Waals surface area contributed by atoms with Gasteiger partial charge in [-0.3, -0.25) is 0 Å². The van der Waals surface area contributed by atoms with Crippen LogP contribution in [0.5, 0.6) is 0 Å².